The fraction of sp³-hybridized carbons (Fsp3) is 0.314. The Hall–Kier alpha value is -5.51. The van der Waals surface area contributed by atoms with Crippen LogP contribution in [-0.4, -0.2) is 52.3 Å². The third-order valence-corrected chi connectivity index (χ3v) is 8.64. The zero-order valence-corrected chi connectivity index (χ0v) is 29.5. The molecule has 0 fully saturated rings. The summed E-state index contributed by atoms with van der Waals surface area (Å²) in [5.74, 6) is -5.37. The van der Waals surface area contributed by atoms with Gasteiger partial charge in [-0.2, -0.15) is 0 Å². The number of benzene rings is 2. The van der Waals surface area contributed by atoms with Crippen molar-refractivity contribution in [3.05, 3.63) is 116 Å². The number of halogens is 2. The van der Waals surface area contributed by atoms with Crippen LogP contribution in [-0.2, 0) is 33.0 Å². The number of aryl methyl sites for hydroxylation is 1. The number of nitrogens with zero attached hydrogens (tertiary/aromatic N) is 3. The second-order valence-corrected chi connectivity index (χ2v) is 14.9. The molecular formula is C35H37F2N5O8S. The number of anilines is 1. The Balaban J connectivity index is 1.53. The number of amides is 1. The third-order valence-electron chi connectivity index (χ3n) is 7.27. The molecule has 13 nitrogen and oxygen atoms in total. The molecule has 1 atom stereocenters. The van der Waals surface area contributed by atoms with Crippen molar-refractivity contribution in [1.82, 2.24) is 19.4 Å². The number of pyridine rings is 1. The molecule has 2 heterocycles. The molecule has 2 aromatic heterocycles. The van der Waals surface area contributed by atoms with Gasteiger partial charge < -0.3 is 14.6 Å². The molecule has 0 spiro atoms. The normalized spacial score (nSPS) is 12.3. The third kappa shape index (κ3) is 9.60. The Kier molecular flexibility index (Phi) is 11.4. The van der Waals surface area contributed by atoms with Gasteiger partial charge in [-0.1, -0.05) is 32.9 Å². The summed E-state index contributed by atoms with van der Waals surface area (Å²) in [6, 6.07) is 9.28. The average molecular weight is 726 g/mol. The van der Waals surface area contributed by atoms with Gasteiger partial charge >= 0.3 is 11.7 Å². The number of ketones is 1. The molecule has 0 saturated carbocycles. The summed E-state index contributed by atoms with van der Waals surface area (Å²) in [6.07, 6.45) is 1.65. The van der Waals surface area contributed by atoms with E-state index in [1.807, 2.05) is 25.5 Å². The molecule has 270 valence electrons. The zero-order chi connectivity index (χ0) is 37.8. The number of rotatable bonds is 12. The highest BCUT2D eigenvalue weighted by Crippen LogP contribution is 2.24. The fourth-order valence-corrected chi connectivity index (χ4v) is 5.88. The molecule has 2 N–H and O–H groups in total. The first-order valence-corrected chi connectivity index (χ1v) is 17.1. The Morgan fingerprint density at radius 2 is 1.59 bits per heavy atom. The summed E-state index contributed by atoms with van der Waals surface area (Å²) >= 11 is 0. The topological polar surface area (TPSA) is 176 Å². The summed E-state index contributed by atoms with van der Waals surface area (Å²) in [5.41, 5.74) is -2.35. The van der Waals surface area contributed by atoms with Gasteiger partial charge in [0.05, 0.1) is 17.5 Å². The SMILES string of the molecule is CC(C)OC(=O)[C@H](Cc1ccc(-n2c(=O)ccn(C)c2=O)cc1)NC(=O)c1c(F)cc(NS(=O)(=O)c2ccc(C(=O)CC(C)(C)C)nc2)cc1F. The van der Waals surface area contributed by atoms with E-state index >= 15 is 8.78 Å². The van der Waals surface area contributed by atoms with Gasteiger partial charge in [-0.15, -0.1) is 0 Å². The van der Waals surface area contributed by atoms with E-state index in [0.717, 1.165) is 16.8 Å². The number of aromatic nitrogens is 3. The van der Waals surface area contributed by atoms with E-state index in [0.29, 0.717) is 17.7 Å². The van der Waals surface area contributed by atoms with E-state index in [9.17, 15) is 32.4 Å². The highest BCUT2D eigenvalue weighted by Gasteiger charge is 2.28. The Morgan fingerprint density at radius 3 is 2.14 bits per heavy atom. The molecule has 0 saturated heterocycles. The monoisotopic (exact) mass is 725 g/mol. The number of ether oxygens (including phenoxy) is 1. The lowest BCUT2D eigenvalue weighted by atomic mass is 9.89. The lowest BCUT2D eigenvalue weighted by molar-refractivity contribution is -0.149. The molecule has 2 aromatic carbocycles. The highest BCUT2D eigenvalue weighted by atomic mass is 32.2. The van der Waals surface area contributed by atoms with Gasteiger partial charge in [0.2, 0.25) is 0 Å². The van der Waals surface area contributed by atoms with Gasteiger partial charge in [0.15, 0.2) is 5.78 Å². The largest absolute Gasteiger partial charge is 0.461 e. The Labute approximate surface area is 292 Å². The lowest BCUT2D eigenvalue weighted by Gasteiger charge is -2.20. The van der Waals surface area contributed by atoms with Crippen molar-refractivity contribution in [3.8, 4) is 5.69 Å². The molecule has 0 aliphatic carbocycles. The summed E-state index contributed by atoms with van der Waals surface area (Å²) in [4.78, 5) is 66.9. The molecule has 0 aliphatic heterocycles. The van der Waals surface area contributed by atoms with Crippen molar-refractivity contribution >= 4 is 33.4 Å². The van der Waals surface area contributed by atoms with E-state index in [1.54, 1.807) is 13.8 Å². The van der Waals surface area contributed by atoms with Crippen LogP contribution in [0.5, 0.6) is 0 Å². The number of nitrogens with one attached hydrogen (secondary N) is 2. The van der Waals surface area contributed by atoms with Crippen molar-refractivity contribution in [2.24, 2.45) is 12.5 Å². The molecule has 0 unspecified atom stereocenters. The van der Waals surface area contributed by atoms with Gasteiger partial charge in [0, 0.05) is 38.3 Å². The van der Waals surface area contributed by atoms with Crippen molar-refractivity contribution in [2.45, 2.75) is 64.5 Å². The van der Waals surface area contributed by atoms with Crippen LogP contribution in [0.2, 0.25) is 0 Å². The molecule has 4 aromatic rings. The Bertz CT molecular complexity index is 2170. The van der Waals surface area contributed by atoms with Gasteiger partial charge in [-0.3, -0.25) is 24.1 Å². The molecule has 0 radical (unpaired) electrons. The van der Waals surface area contributed by atoms with Crippen LogP contribution in [0.1, 0.15) is 67.4 Å². The minimum Gasteiger partial charge on any atom is -0.461 e. The predicted molar refractivity (Wildman–Crippen MR) is 183 cm³/mol. The molecular weight excluding hydrogens is 688 g/mol. The minimum atomic E-state index is -4.42. The van der Waals surface area contributed by atoms with Crippen molar-refractivity contribution in [2.75, 3.05) is 4.72 Å². The van der Waals surface area contributed by atoms with Crippen molar-refractivity contribution in [1.29, 1.82) is 0 Å². The van der Waals surface area contributed by atoms with Gasteiger partial charge in [-0.25, -0.2) is 31.4 Å². The number of Topliss-reactive ketones (excluding diaryl/α,β-unsaturated/α-hetero) is 1. The number of hydrogen-bond acceptors (Lipinski definition) is 9. The molecule has 0 aliphatic rings. The second kappa shape index (κ2) is 15.2. The summed E-state index contributed by atoms with van der Waals surface area (Å²) < 4.78 is 65.8. The molecule has 51 heavy (non-hydrogen) atoms. The summed E-state index contributed by atoms with van der Waals surface area (Å²) in [7, 11) is -2.94. The highest BCUT2D eigenvalue weighted by molar-refractivity contribution is 7.92. The number of carbonyl (C=O) groups excluding carboxylic acids is 3. The first-order valence-electron chi connectivity index (χ1n) is 15.7. The van der Waals surface area contributed by atoms with E-state index in [4.69, 9.17) is 4.74 Å². The van der Waals surface area contributed by atoms with E-state index < -0.39 is 68.2 Å². The van der Waals surface area contributed by atoms with Crippen molar-refractivity contribution < 1.29 is 36.3 Å². The van der Waals surface area contributed by atoms with Crippen LogP contribution < -0.4 is 21.3 Å². The van der Waals surface area contributed by atoms with Crippen LogP contribution in [0, 0.1) is 17.0 Å². The first kappa shape index (κ1) is 38.3. The van der Waals surface area contributed by atoms with Crippen LogP contribution in [0.15, 0.2) is 81.5 Å². The van der Waals surface area contributed by atoms with E-state index in [1.165, 1.54) is 54.2 Å². The quantitative estimate of drug-likeness (QED) is 0.162. The van der Waals surface area contributed by atoms with Gasteiger partial charge in [0.1, 0.15) is 33.8 Å². The average Bonchev–Trinajstić information content (AvgIpc) is 3.02. The first-order chi connectivity index (χ1) is 23.8. The van der Waals surface area contributed by atoms with E-state index in [-0.39, 0.29) is 40.3 Å². The van der Waals surface area contributed by atoms with Crippen LogP contribution in [0.3, 0.4) is 0 Å². The van der Waals surface area contributed by atoms with Crippen molar-refractivity contribution in [3.63, 3.8) is 0 Å². The summed E-state index contributed by atoms with van der Waals surface area (Å²) in [6.45, 7) is 8.74. The van der Waals surface area contributed by atoms with Crippen LogP contribution in [0.4, 0.5) is 14.5 Å². The fourth-order valence-electron chi connectivity index (χ4n) is 4.90. The molecule has 16 heteroatoms. The molecule has 1 amide bonds. The number of esters is 1. The number of carbonyl (C=O) groups is 3. The standard InChI is InChI=1S/C35H37F2N5O8S/c1-20(2)50-33(46)28(15-21-7-9-23(10-8-21)42-30(44)13-14-41(6)34(42)47)39-32(45)31-25(36)16-22(17-26(31)37)40-51(48,49)24-11-12-27(38-19-24)29(43)18-35(3,4)5/h7-14,16-17,19-20,28,40H,15,18H2,1-6H3,(H,39,45)/t28-/m0/s1. The maximum absolute atomic E-state index is 15.2. The molecule has 4 rings (SSSR count). The van der Waals surface area contributed by atoms with Crippen LogP contribution in [0.25, 0.3) is 5.69 Å². The number of hydrogen-bond donors (Lipinski definition) is 2. The predicted octanol–water partition coefficient (Wildman–Crippen LogP) is 3.92. The Morgan fingerprint density at radius 1 is 0.961 bits per heavy atom. The lowest BCUT2D eigenvalue weighted by Crippen LogP contribution is -2.44. The number of sulfonamides is 1. The zero-order valence-electron chi connectivity index (χ0n) is 28.7. The van der Waals surface area contributed by atoms with Gasteiger partial charge in [-0.05, 0) is 61.2 Å². The smallest absolute Gasteiger partial charge is 0.335 e. The van der Waals surface area contributed by atoms with E-state index in [2.05, 4.69) is 10.3 Å². The molecule has 0 bridgehead atoms. The van der Waals surface area contributed by atoms with Crippen LogP contribution >= 0.6 is 0 Å². The maximum atomic E-state index is 15.2. The van der Waals surface area contributed by atoms with Gasteiger partial charge in [0.25, 0.3) is 21.5 Å². The second-order valence-electron chi connectivity index (χ2n) is 13.2. The summed E-state index contributed by atoms with van der Waals surface area (Å²) in [5, 5.41) is 2.29. The minimum absolute atomic E-state index is 0.0556. The maximum Gasteiger partial charge on any atom is 0.335 e.